The minimum absolute atomic E-state index is 0.0673. The van der Waals surface area contributed by atoms with Crippen molar-refractivity contribution in [1.82, 2.24) is 39.9 Å². The first-order chi connectivity index (χ1) is 21.9. The van der Waals surface area contributed by atoms with Gasteiger partial charge in [-0.05, 0) is 0 Å². The van der Waals surface area contributed by atoms with E-state index >= 15 is 0 Å². The zero-order valence-electron chi connectivity index (χ0n) is 23.2. The van der Waals surface area contributed by atoms with E-state index in [9.17, 15) is 8.42 Å². The molecule has 13 heteroatoms. The molecule has 0 aliphatic carbocycles. The van der Waals surface area contributed by atoms with Gasteiger partial charge in [0.2, 0.25) is 0 Å². The zero-order chi connectivity index (χ0) is 30.3. The monoisotopic (exact) mass is 657 g/mol. The number of H-pyrrole nitrogens is 2. The molecule has 45 heavy (non-hydrogen) atoms. The van der Waals surface area contributed by atoms with Gasteiger partial charge in [-0.2, -0.15) is 0 Å². The van der Waals surface area contributed by atoms with Crippen LogP contribution >= 0.6 is 0 Å². The second-order valence-electron chi connectivity index (χ2n) is 10.6. The molecular weight excluding hydrogens is 642 g/mol. The molecular formula is C32H17N8O3SZn. The number of hydrogen-bond donors (Lipinski definition) is 2. The summed E-state index contributed by atoms with van der Waals surface area (Å²) in [5.41, 5.74) is 5.24. The summed E-state index contributed by atoms with van der Waals surface area (Å²) in [6.45, 7) is 0. The average Bonchev–Trinajstić information content (AvgIpc) is 3.76. The van der Waals surface area contributed by atoms with Gasteiger partial charge in [-0.25, -0.2) is 0 Å². The average molecular weight is 659 g/mol. The van der Waals surface area contributed by atoms with E-state index in [0.717, 1.165) is 33.0 Å². The number of rotatable bonds is 2. The molecule has 0 saturated heterocycles. The van der Waals surface area contributed by atoms with Crippen molar-refractivity contribution in [2.75, 3.05) is 0 Å². The number of fused-ring (bicyclic) bond motifs is 20. The predicted molar refractivity (Wildman–Crippen MR) is 166 cm³/mol. The van der Waals surface area contributed by atoms with Gasteiger partial charge in [-0.1, -0.05) is 24.3 Å². The van der Waals surface area contributed by atoms with Gasteiger partial charge in [0, 0.05) is 5.39 Å². The Hall–Kier alpha value is -5.39. The molecule has 0 radical (unpaired) electrons. The SMILES string of the molecule is O=[S](=O)([Zn])Oc1cccc2c3nc4nc(nc5[nH]c(nc6nc(nc([nH]3)c12)-c1ccccc1-6)c1ccccc51)-c1ccccc1-4. The fourth-order valence-electron chi connectivity index (χ4n) is 5.86. The summed E-state index contributed by atoms with van der Waals surface area (Å²) < 4.78 is 30.1. The van der Waals surface area contributed by atoms with E-state index in [-0.39, 0.29) is 22.8 Å². The summed E-state index contributed by atoms with van der Waals surface area (Å²) in [5.74, 6) is 1.99. The maximum atomic E-state index is 12.3. The molecule has 211 valence electrons. The third-order valence-electron chi connectivity index (χ3n) is 7.76. The van der Waals surface area contributed by atoms with Crippen LogP contribution in [-0.4, -0.2) is 48.3 Å². The molecule has 0 atom stereocenters. The Morgan fingerprint density at radius 2 is 0.889 bits per heavy atom. The van der Waals surface area contributed by atoms with Crippen LogP contribution < -0.4 is 4.18 Å². The number of benzene rings is 4. The van der Waals surface area contributed by atoms with Gasteiger partial charge in [-0.3, -0.25) is 0 Å². The van der Waals surface area contributed by atoms with Crippen LogP contribution in [0.2, 0.25) is 0 Å². The quantitative estimate of drug-likeness (QED) is 0.212. The fourth-order valence-corrected chi connectivity index (χ4v) is 7.08. The fraction of sp³-hybridized carbons (Fsp3) is 0. The van der Waals surface area contributed by atoms with Gasteiger partial charge in [0.05, 0.1) is 0 Å². The molecule has 0 amide bonds. The molecule has 11 nitrogen and oxygen atoms in total. The second kappa shape index (κ2) is 9.55. The van der Waals surface area contributed by atoms with Crippen molar-refractivity contribution >= 4 is 52.2 Å². The Morgan fingerprint density at radius 1 is 0.489 bits per heavy atom. The third kappa shape index (κ3) is 4.23. The Balaban J connectivity index is 1.50. The van der Waals surface area contributed by atoms with E-state index in [4.69, 9.17) is 34.1 Å². The van der Waals surface area contributed by atoms with Crippen LogP contribution in [0, 0.1) is 0 Å². The second-order valence-corrected chi connectivity index (χ2v) is 16.3. The Bertz CT molecular complexity index is 2680. The van der Waals surface area contributed by atoms with Gasteiger partial charge in [0.15, 0.2) is 0 Å². The molecule has 4 aromatic carbocycles. The van der Waals surface area contributed by atoms with Crippen LogP contribution in [0.1, 0.15) is 0 Å². The molecule has 8 bridgehead atoms. The van der Waals surface area contributed by atoms with Gasteiger partial charge in [-0.15, -0.1) is 0 Å². The molecule has 2 N–H and O–H groups in total. The van der Waals surface area contributed by atoms with E-state index in [1.54, 1.807) is 12.1 Å². The first-order valence-electron chi connectivity index (χ1n) is 13.9. The Kier molecular flexibility index (Phi) is 5.53. The molecule has 0 unspecified atom stereocenters. The summed E-state index contributed by atoms with van der Waals surface area (Å²) in [5, 5.41) is 2.86. The topological polar surface area (TPSA) is 152 Å². The third-order valence-corrected chi connectivity index (χ3v) is 8.93. The van der Waals surface area contributed by atoms with Gasteiger partial charge in [0.25, 0.3) is 0 Å². The van der Waals surface area contributed by atoms with Crippen LogP contribution in [0.3, 0.4) is 0 Å². The van der Waals surface area contributed by atoms with Crippen molar-refractivity contribution < 1.29 is 29.7 Å². The summed E-state index contributed by atoms with van der Waals surface area (Å²) in [6, 6.07) is 28.5. The molecule has 0 spiro atoms. The van der Waals surface area contributed by atoms with Crippen molar-refractivity contribution in [3.63, 3.8) is 0 Å². The van der Waals surface area contributed by atoms with E-state index in [0.29, 0.717) is 56.7 Å². The molecule has 3 aromatic heterocycles. The normalized spacial score (nSPS) is 12.3. The van der Waals surface area contributed by atoms with E-state index in [1.807, 2.05) is 78.9 Å². The number of hydrogen-bond acceptors (Lipinski definition) is 9. The van der Waals surface area contributed by atoms with Gasteiger partial charge in [0.1, 0.15) is 0 Å². The van der Waals surface area contributed by atoms with Crippen molar-refractivity contribution in [2.45, 2.75) is 0 Å². The first-order valence-corrected chi connectivity index (χ1v) is 19.1. The predicted octanol–water partition coefficient (Wildman–Crippen LogP) is 6.04. The summed E-state index contributed by atoms with van der Waals surface area (Å²) >= 11 is -0.0673. The first kappa shape index (κ1) is 26.1. The van der Waals surface area contributed by atoms with E-state index in [2.05, 4.69) is 9.97 Å². The number of nitrogens with one attached hydrogen (secondary N) is 2. The van der Waals surface area contributed by atoms with Crippen molar-refractivity contribution in [1.29, 1.82) is 0 Å². The molecule has 0 saturated carbocycles. The Labute approximate surface area is 263 Å². The van der Waals surface area contributed by atoms with Gasteiger partial charge >= 0.3 is 234 Å². The van der Waals surface area contributed by atoms with Crippen molar-refractivity contribution in [3.8, 4) is 51.3 Å². The molecule has 9 rings (SSSR count). The van der Waals surface area contributed by atoms with Crippen LogP contribution in [0.4, 0.5) is 0 Å². The van der Waals surface area contributed by atoms with Crippen LogP contribution in [-0.2, 0) is 25.2 Å². The van der Waals surface area contributed by atoms with Crippen molar-refractivity contribution in [3.05, 3.63) is 91.0 Å². The molecule has 5 heterocycles. The van der Waals surface area contributed by atoms with Crippen LogP contribution in [0.15, 0.2) is 91.0 Å². The molecule has 7 aromatic rings. The maximum absolute atomic E-state index is 12.3. The van der Waals surface area contributed by atoms with Gasteiger partial charge < -0.3 is 0 Å². The summed E-state index contributed by atoms with van der Waals surface area (Å²) in [6.07, 6.45) is 0. The minimum atomic E-state index is -3.73. The van der Waals surface area contributed by atoms with E-state index < -0.39 is 8.11 Å². The summed E-state index contributed by atoms with van der Waals surface area (Å²) in [7, 11) is -3.73. The Morgan fingerprint density at radius 3 is 1.38 bits per heavy atom. The number of aromatic amines is 2. The van der Waals surface area contributed by atoms with Crippen molar-refractivity contribution in [2.24, 2.45) is 0 Å². The van der Waals surface area contributed by atoms with E-state index in [1.165, 1.54) is 0 Å². The number of nitrogens with zero attached hydrogens (tertiary/aromatic N) is 6. The number of aromatic nitrogens is 8. The molecule has 2 aliphatic heterocycles. The molecule has 0 fully saturated rings. The van der Waals surface area contributed by atoms with Crippen LogP contribution in [0.5, 0.6) is 5.75 Å². The summed E-state index contributed by atoms with van der Waals surface area (Å²) in [4.78, 5) is 36.3. The standard InChI is InChI=1S/C32H17N8O3S.Zn/c41-44(42)43-23-15-7-14-22-24(23)32-39-30-21-13-6-5-12-20(21)28(37-30)35-26-17-9-2-1-8-16(17)25(33-26)34-27-18-10-3-4-11-19(18)29(36-27)38-31(22)40-32;/h1-15H,(H2,33,34,35,36,37,38,39,40);. The zero-order valence-corrected chi connectivity index (χ0v) is 27.0. The van der Waals surface area contributed by atoms with Crippen LogP contribution in [0.25, 0.3) is 89.7 Å². The molecule has 2 aliphatic rings.